The molecule has 3 aromatic heterocycles. The standard InChI is InChI=1S/C27H24F2N6O/c1-33-16-22(27(32-33)36-17-18-6-3-2-4-7-18)21-15-30-35-13-11-25(31-26(21)35)34-12-5-8-24(34)20-14-19(28)9-10-23(20)29/h2-4,6-7,9-11,13-16,24H,5,8,12,17H2,1H3. The van der Waals surface area contributed by atoms with Crippen molar-refractivity contribution in [2.75, 3.05) is 11.4 Å². The molecule has 0 radical (unpaired) electrons. The molecule has 0 N–H and O–H groups in total. The molecule has 5 aromatic rings. The van der Waals surface area contributed by atoms with Gasteiger partial charge in [-0.2, -0.15) is 5.10 Å². The number of aryl methyl sites for hydroxylation is 1. The Morgan fingerprint density at radius 3 is 2.78 bits per heavy atom. The summed E-state index contributed by atoms with van der Waals surface area (Å²) in [6, 6.07) is 15.1. The van der Waals surface area contributed by atoms with Crippen molar-refractivity contribution in [1.82, 2.24) is 24.4 Å². The highest BCUT2D eigenvalue weighted by Crippen LogP contribution is 2.38. The molecule has 0 saturated carbocycles. The monoisotopic (exact) mass is 486 g/mol. The van der Waals surface area contributed by atoms with Crippen LogP contribution in [0.25, 0.3) is 16.8 Å². The molecule has 1 aliphatic heterocycles. The topological polar surface area (TPSA) is 60.5 Å². The van der Waals surface area contributed by atoms with Gasteiger partial charge in [-0.15, -0.1) is 5.10 Å². The minimum absolute atomic E-state index is 0.287. The zero-order valence-corrected chi connectivity index (χ0v) is 19.7. The van der Waals surface area contributed by atoms with Crippen LogP contribution in [0.3, 0.4) is 0 Å². The fourth-order valence-corrected chi connectivity index (χ4v) is 4.83. The number of anilines is 1. The summed E-state index contributed by atoms with van der Waals surface area (Å²) in [5, 5.41) is 8.97. The summed E-state index contributed by atoms with van der Waals surface area (Å²) in [7, 11) is 1.84. The maximum Gasteiger partial charge on any atom is 0.241 e. The number of hydrogen-bond donors (Lipinski definition) is 0. The van der Waals surface area contributed by atoms with Crippen molar-refractivity contribution in [2.24, 2.45) is 7.05 Å². The van der Waals surface area contributed by atoms with Crippen LogP contribution >= 0.6 is 0 Å². The summed E-state index contributed by atoms with van der Waals surface area (Å²) in [4.78, 5) is 6.94. The number of rotatable bonds is 6. The highest BCUT2D eigenvalue weighted by molar-refractivity contribution is 5.80. The first kappa shape index (κ1) is 22.2. The van der Waals surface area contributed by atoms with Crippen LogP contribution in [0.2, 0.25) is 0 Å². The Labute approximate surface area is 206 Å². The molecule has 1 unspecified atom stereocenters. The molecule has 1 atom stereocenters. The van der Waals surface area contributed by atoms with Gasteiger partial charge in [-0.3, -0.25) is 4.68 Å². The van der Waals surface area contributed by atoms with Gasteiger partial charge in [0.15, 0.2) is 5.65 Å². The highest BCUT2D eigenvalue weighted by Gasteiger charge is 2.30. The lowest BCUT2D eigenvalue weighted by atomic mass is 10.0. The summed E-state index contributed by atoms with van der Waals surface area (Å²) < 4.78 is 38.0. The molecule has 6 rings (SSSR count). The zero-order chi connectivity index (χ0) is 24.6. The van der Waals surface area contributed by atoms with Crippen LogP contribution in [0.1, 0.15) is 30.0 Å². The summed E-state index contributed by atoms with van der Waals surface area (Å²) in [6.45, 7) is 1.09. The first-order chi connectivity index (χ1) is 17.6. The minimum Gasteiger partial charge on any atom is -0.471 e. The van der Waals surface area contributed by atoms with Crippen LogP contribution in [0, 0.1) is 11.6 Å². The number of hydrogen-bond acceptors (Lipinski definition) is 5. The lowest BCUT2D eigenvalue weighted by Crippen LogP contribution is -2.24. The summed E-state index contributed by atoms with van der Waals surface area (Å²) in [5.41, 5.74) is 3.59. The highest BCUT2D eigenvalue weighted by atomic mass is 19.1. The first-order valence-corrected chi connectivity index (χ1v) is 11.8. The molecule has 1 saturated heterocycles. The van der Waals surface area contributed by atoms with Crippen LogP contribution in [-0.2, 0) is 13.7 Å². The van der Waals surface area contributed by atoms with Crippen LogP contribution in [0.5, 0.6) is 5.88 Å². The summed E-state index contributed by atoms with van der Waals surface area (Å²) in [6.07, 6.45) is 7.04. The van der Waals surface area contributed by atoms with E-state index < -0.39 is 11.6 Å². The van der Waals surface area contributed by atoms with Gasteiger partial charge in [0, 0.05) is 31.5 Å². The van der Waals surface area contributed by atoms with E-state index in [1.807, 2.05) is 60.7 Å². The number of aromatic nitrogens is 5. The van der Waals surface area contributed by atoms with E-state index in [1.165, 1.54) is 12.1 Å². The second-order valence-corrected chi connectivity index (χ2v) is 8.93. The maximum atomic E-state index is 14.6. The molecule has 36 heavy (non-hydrogen) atoms. The predicted octanol–water partition coefficient (Wildman–Crippen LogP) is 5.33. The SMILES string of the molecule is Cn1cc(-c2cnn3ccc(N4CCCC4c4cc(F)ccc4F)nc23)c(OCc2ccccc2)n1. The quantitative estimate of drug-likeness (QED) is 0.325. The lowest BCUT2D eigenvalue weighted by Gasteiger charge is -2.26. The van der Waals surface area contributed by atoms with Crippen molar-refractivity contribution < 1.29 is 13.5 Å². The van der Waals surface area contributed by atoms with Crippen molar-refractivity contribution in [3.63, 3.8) is 0 Å². The third-order valence-electron chi connectivity index (χ3n) is 6.52. The molecule has 182 valence electrons. The Balaban J connectivity index is 1.35. The molecule has 7 nitrogen and oxygen atoms in total. The second-order valence-electron chi connectivity index (χ2n) is 8.93. The fraction of sp³-hybridized carbons (Fsp3) is 0.222. The summed E-state index contributed by atoms with van der Waals surface area (Å²) >= 11 is 0. The lowest BCUT2D eigenvalue weighted by molar-refractivity contribution is 0.292. The number of fused-ring (bicyclic) bond motifs is 1. The molecular formula is C27H24F2N6O. The molecule has 0 amide bonds. The molecule has 0 aliphatic carbocycles. The predicted molar refractivity (Wildman–Crippen MR) is 132 cm³/mol. The Morgan fingerprint density at radius 1 is 1.06 bits per heavy atom. The molecule has 0 bridgehead atoms. The molecule has 1 fully saturated rings. The van der Waals surface area contributed by atoms with E-state index in [-0.39, 0.29) is 6.04 Å². The van der Waals surface area contributed by atoms with Crippen LogP contribution in [0.15, 0.2) is 73.2 Å². The molecule has 9 heteroatoms. The molecule has 1 aliphatic rings. The van der Waals surface area contributed by atoms with Gasteiger partial charge in [0.1, 0.15) is 24.1 Å². The first-order valence-electron chi connectivity index (χ1n) is 11.8. The van der Waals surface area contributed by atoms with Crippen molar-refractivity contribution >= 4 is 11.5 Å². The van der Waals surface area contributed by atoms with Gasteiger partial charge in [-0.25, -0.2) is 18.3 Å². The fourth-order valence-electron chi connectivity index (χ4n) is 4.83. The Morgan fingerprint density at radius 2 is 1.92 bits per heavy atom. The van der Waals surface area contributed by atoms with E-state index in [2.05, 4.69) is 10.2 Å². The van der Waals surface area contributed by atoms with Crippen LogP contribution in [0.4, 0.5) is 14.6 Å². The number of halogens is 2. The Hall–Kier alpha value is -4.27. The normalized spacial score (nSPS) is 15.6. The van der Waals surface area contributed by atoms with Gasteiger partial charge in [0.05, 0.1) is 23.4 Å². The average Bonchev–Trinajstić information content (AvgIpc) is 3.62. The average molecular weight is 487 g/mol. The van der Waals surface area contributed by atoms with E-state index in [9.17, 15) is 8.78 Å². The van der Waals surface area contributed by atoms with Gasteiger partial charge in [0.2, 0.25) is 5.88 Å². The minimum atomic E-state index is -0.445. The Bertz CT molecular complexity index is 1530. The molecule has 4 heterocycles. The molecular weight excluding hydrogens is 462 g/mol. The van der Waals surface area contributed by atoms with Gasteiger partial charge >= 0.3 is 0 Å². The van der Waals surface area contributed by atoms with Gasteiger partial charge in [-0.05, 0) is 42.7 Å². The van der Waals surface area contributed by atoms with Crippen molar-refractivity contribution in [2.45, 2.75) is 25.5 Å². The largest absolute Gasteiger partial charge is 0.471 e. The van der Waals surface area contributed by atoms with Gasteiger partial charge in [-0.1, -0.05) is 30.3 Å². The van der Waals surface area contributed by atoms with Gasteiger partial charge < -0.3 is 9.64 Å². The second kappa shape index (κ2) is 9.07. The third-order valence-corrected chi connectivity index (χ3v) is 6.52. The van der Waals surface area contributed by atoms with Crippen LogP contribution in [-0.4, -0.2) is 30.9 Å². The van der Waals surface area contributed by atoms with Crippen molar-refractivity contribution in [3.8, 4) is 17.0 Å². The smallest absolute Gasteiger partial charge is 0.241 e. The van der Waals surface area contributed by atoms with Gasteiger partial charge in [0.25, 0.3) is 0 Å². The third kappa shape index (κ3) is 4.06. The number of ether oxygens (including phenoxy) is 1. The Kier molecular flexibility index (Phi) is 5.59. The van der Waals surface area contributed by atoms with E-state index >= 15 is 0 Å². The van der Waals surface area contributed by atoms with Crippen molar-refractivity contribution in [1.29, 1.82) is 0 Å². The van der Waals surface area contributed by atoms with E-state index in [4.69, 9.17) is 9.72 Å². The number of nitrogens with zero attached hydrogens (tertiary/aromatic N) is 6. The zero-order valence-electron chi connectivity index (χ0n) is 19.7. The van der Waals surface area contributed by atoms with E-state index in [1.54, 1.807) is 15.4 Å². The van der Waals surface area contributed by atoms with Crippen LogP contribution < -0.4 is 9.64 Å². The maximum absolute atomic E-state index is 14.6. The van der Waals surface area contributed by atoms with E-state index in [0.717, 1.165) is 35.6 Å². The molecule has 0 spiro atoms. The number of benzene rings is 2. The molecule has 2 aromatic carbocycles. The van der Waals surface area contributed by atoms with Crippen molar-refractivity contribution in [3.05, 3.63) is 95.9 Å². The van der Waals surface area contributed by atoms with E-state index in [0.29, 0.717) is 36.1 Å². The summed E-state index contributed by atoms with van der Waals surface area (Å²) in [5.74, 6) is 0.324.